The summed E-state index contributed by atoms with van der Waals surface area (Å²) in [6, 6.07) is 9.23. The van der Waals surface area contributed by atoms with Crippen LogP contribution in [0.4, 0.5) is 5.69 Å². The number of imidazole rings is 1. The van der Waals surface area contributed by atoms with Gasteiger partial charge < -0.3 is 9.40 Å². The van der Waals surface area contributed by atoms with Crippen molar-refractivity contribution in [2.24, 2.45) is 12.1 Å². The summed E-state index contributed by atoms with van der Waals surface area (Å²) in [4.78, 5) is 54.9. The first-order valence-corrected chi connectivity index (χ1v) is 9.66. The number of furan rings is 1. The molecule has 0 unspecified atom stereocenters. The lowest BCUT2D eigenvalue weighted by atomic mass is 10.1. The molecular weight excluding hydrogens is 434 g/mol. The van der Waals surface area contributed by atoms with E-state index in [1.807, 2.05) is 0 Å². The highest BCUT2D eigenvalue weighted by molar-refractivity contribution is 5.81. The molecule has 4 rings (SSSR count). The second-order valence-corrected chi connectivity index (χ2v) is 7.00. The van der Waals surface area contributed by atoms with Gasteiger partial charge in [0.1, 0.15) is 22.9 Å². The van der Waals surface area contributed by atoms with Gasteiger partial charge >= 0.3 is 5.69 Å². The molecule has 1 amide bonds. The molecule has 168 valence electrons. The Kier molecular flexibility index (Phi) is 5.67. The van der Waals surface area contributed by atoms with Crippen molar-refractivity contribution in [3.63, 3.8) is 0 Å². The summed E-state index contributed by atoms with van der Waals surface area (Å²) in [5, 5.41) is 14.6. The van der Waals surface area contributed by atoms with Crippen molar-refractivity contribution in [2.75, 3.05) is 0 Å². The van der Waals surface area contributed by atoms with Crippen LogP contribution >= 0.6 is 0 Å². The van der Waals surface area contributed by atoms with E-state index < -0.39 is 22.1 Å². The first kappa shape index (κ1) is 21.4. The smallest absolute Gasteiger partial charge is 0.329 e. The van der Waals surface area contributed by atoms with E-state index in [0.29, 0.717) is 22.9 Å². The average Bonchev–Trinajstić information content (AvgIpc) is 3.44. The van der Waals surface area contributed by atoms with Gasteiger partial charge in [-0.25, -0.2) is 15.2 Å². The van der Waals surface area contributed by atoms with Gasteiger partial charge in [0, 0.05) is 37.6 Å². The highest BCUT2D eigenvalue weighted by atomic mass is 16.6. The standard InChI is InChI=1S/C20H17N7O6/c1-26-18-17(19(29)24-20(26)30)22-15(23-18)8-9-16(28)25-21-10-13-6-7-14(33-13)11-2-4-12(5-3-11)27(31)32/h2-7,10H,8-9H2,1H3,(H,22,23)(H,25,28)(H,24,29,30)/b21-10+. The van der Waals surface area contributed by atoms with Gasteiger partial charge in [0.15, 0.2) is 5.65 Å². The van der Waals surface area contributed by atoms with E-state index in [1.54, 1.807) is 24.3 Å². The molecule has 4 aromatic rings. The molecule has 1 aromatic carbocycles. The van der Waals surface area contributed by atoms with Crippen LogP contribution in [0, 0.1) is 10.1 Å². The minimum Gasteiger partial charge on any atom is -0.455 e. The van der Waals surface area contributed by atoms with Gasteiger partial charge in [-0.05, 0) is 24.3 Å². The molecule has 3 heterocycles. The van der Waals surface area contributed by atoms with Gasteiger partial charge in [-0.1, -0.05) is 0 Å². The molecular formula is C20H17N7O6. The highest BCUT2D eigenvalue weighted by Gasteiger charge is 2.12. The van der Waals surface area contributed by atoms with Crippen LogP contribution in [-0.2, 0) is 18.3 Å². The van der Waals surface area contributed by atoms with Crippen LogP contribution in [0.2, 0.25) is 0 Å². The van der Waals surface area contributed by atoms with Crippen molar-refractivity contribution in [2.45, 2.75) is 12.8 Å². The number of non-ortho nitro benzene ring substituents is 1. The van der Waals surface area contributed by atoms with Gasteiger partial charge in [-0.2, -0.15) is 5.10 Å². The van der Waals surface area contributed by atoms with Gasteiger partial charge in [0.25, 0.3) is 11.2 Å². The monoisotopic (exact) mass is 451 g/mol. The zero-order chi connectivity index (χ0) is 23.5. The topological polar surface area (TPSA) is 181 Å². The minimum absolute atomic E-state index is 0.0201. The first-order chi connectivity index (χ1) is 15.8. The fourth-order valence-electron chi connectivity index (χ4n) is 3.05. The largest absolute Gasteiger partial charge is 0.455 e. The molecule has 3 aromatic heterocycles. The normalized spacial score (nSPS) is 11.3. The fraction of sp³-hybridized carbons (Fsp3) is 0.150. The van der Waals surface area contributed by atoms with Gasteiger partial charge in [-0.15, -0.1) is 0 Å². The molecule has 0 spiro atoms. The van der Waals surface area contributed by atoms with E-state index in [4.69, 9.17) is 4.42 Å². The Labute approximate surface area is 183 Å². The lowest BCUT2D eigenvalue weighted by molar-refractivity contribution is -0.384. The third-order valence-corrected chi connectivity index (χ3v) is 4.76. The number of hydrazone groups is 1. The van der Waals surface area contributed by atoms with E-state index in [2.05, 4.69) is 25.5 Å². The number of benzene rings is 1. The number of fused-ring (bicyclic) bond motifs is 1. The zero-order valence-corrected chi connectivity index (χ0v) is 17.2. The molecule has 0 fully saturated rings. The van der Waals surface area contributed by atoms with Crippen LogP contribution in [0.5, 0.6) is 0 Å². The third-order valence-electron chi connectivity index (χ3n) is 4.76. The molecule has 13 heteroatoms. The number of aryl methyl sites for hydroxylation is 2. The van der Waals surface area contributed by atoms with Gasteiger partial charge in [0.05, 0.1) is 11.1 Å². The maximum Gasteiger partial charge on any atom is 0.329 e. The van der Waals surface area contributed by atoms with E-state index in [1.165, 1.54) is 30.0 Å². The van der Waals surface area contributed by atoms with Crippen molar-refractivity contribution in [3.8, 4) is 11.3 Å². The predicted molar refractivity (Wildman–Crippen MR) is 117 cm³/mol. The zero-order valence-electron chi connectivity index (χ0n) is 17.2. The van der Waals surface area contributed by atoms with E-state index in [-0.39, 0.29) is 29.7 Å². The Morgan fingerprint density at radius 3 is 2.73 bits per heavy atom. The number of carbonyl (C=O) groups excluding carboxylic acids is 1. The number of aromatic amines is 2. The molecule has 0 aliphatic rings. The molecule has 33 heavy (non-hydrogen) atoms. The number of nitro groups is 1. The van der Waals surface area contributed by atoms with E-state index >= 15 is 0 Å². The number of nitro benzene ring substituents is 1. The number of rotatable bonds is 7. The van der Waals surface area contributed by atoms with Crippen molar-refractivity contribution < 1.29 is 14.1 Å². The number of amides is 1. The highest BCUT2D eigenvalue weighted by Crippen LogP contribution is 2.24. The Hall–Kier alpha value is -4.81. The number of aromatic nitrogens is 4. The summed E-state index contributed by atoms with van der Waals surface area (Å²) in [5.41, 5.74) is 2.22. The summed E-state index contributed by atoms with van der Waals surface area (Å²) < 4.78 is 6.80. The number of H-pyrrole nitrogens is 2. The quantitative estimate of drug-likeness (QED) is 0.214. The Bertz CT molecular complexity index is 1490. The lowest BCUT2D eigenvalue weighted by Crippen LogP contribution is -2.28. The van der Waals surface area contributed by atoms with Crippen molar-refractivity contribution in [1.82, 2.24) is 24.9 Å². The summed E-state index contributed by atoms with van der Waals surface area (Å²) in [5.74, 6) is 0.860. The molecule has 3 N–H and O–H groups in total. The molecule has 13 nitrogen and oxygen atoms in total. The predicted octanol–water partition coefficient (Wildman–Crippen LogP) is 1.20. The minimum atomic E-state index is -0.577. The van der Waals surface area contributed by atoms with Crippen LogP contribution in [0.25, 0.3) is 22.5 Å². The van der Waals surface area contributed by atoms with Crippen molar-refractivity contribution >= 4 is 29.0 Å². The summed E-state index contributed by atoms with van der Waals surface area (Å²) in [6.07, 6.45) is 1.56. The van der Waals surface area contributed by atoms with Crippen molar-refractivity contribution in [1.29, 1.82) is 0 Å². The lowest BCUT2D eigenvalue weighted by Gasteiger charge is -1.98. The Balaban J connectivity index is 1.33. The maximum absolute atomic E-state index is 12.0. The van der Waals surface area contributed by atoms with Crippen LogP contribution in [0.3, 0.4) is 0 Å². The number of hydrogen-bond donors (Lipinski definition) is 3. The molecule has 0 saturated carbocycles. The second-order valence-electron chi connectivity index (χ2n) is 7.00. The third kappa shape index (κ3) is 4.61. The Morgan fingerprint density at radius 1 is 1.24 bits per heavy atom. The number of nitrogens with zero attached hydrogens (tertiary/aromatic N) is 4. The molecule has 0 atom stereocenters. The van der Waals surface area contributed by atoms with Gasteiger partial charge in [0.2, 0.25) is 5.91 Å². The number of nitrogens with one attached hydrogen (secondary N) is 3. The van der Waals surface area contributed by atoms with Crippen molar-refractivity contribution in [3.05, 3.63) is 78.9 Å². The molecule has 0 bridgehead atoms. The average molecular weight is 451 g/mol. The molecule has 0 aliphatic heterocycles. The first-order valence-electron chi connectivity index (χ1n) is 9.66. The molecule has 0 aliphatic carbocycles. The maximum atomic E-state index is 12.0. The van der Waals surface area contributed by atoms with Gasteiger partial charge in [-0.3, -0.25) is 29.3 Å². The number of hydrogen-bond acceptors (Lipinski definition) is 8. The van der Waals surface area contributed by atoms with E-state index in [0.717, 1.165) is 0 Å². The summed E-state index contributed by atoms with van der Waals surface area (Å²) in [6.45, 7) is 0. The number of carbonyl (C=O) groups is 1. The Morgan fingerprint density at radius 2 is 2.00 bits per heavy atom. The molecule has 0 radical (unpaired) electrons. The van der Waals surface area contributed by atoms with E-state index in [9.17, 15) is 24.5 Å². The van der Waals surface area contributed by atoms with Crippen LogP contribution < -0.4 is 16.7 Å². The SMILES string of the molecule is Cn1c(=O)[nH]c(=O)c2[nH]c(CCC(=O)N/N=C/c3ccc(-c4ccc([N+](=O)[O-])cc4)o3)nc21. The van der Waals surface area contributed by atoms with Crippen LogP contribution in [0.15, 0.2) is 55.5 Å². The van der Waals surface area contributed by atoms with Crippen LogP contribution in [-0.4, -0.2) is 36.6 Å². The summed E-state index contributed by atoms with van der Waals surface area (Å²) in [7, 11) is 1.48. The molecule has 0 saturated heterocycles. The summed E-state index contributed by atoms with van der Waals surface area (Å²) >= 11 is 0. The second kappa shape index (κ2) is 8.74. The fourth-order valence-corrected chi connectivity index (χ4v) is 3.05. The van der Waals surface area contributed by atoms with Crippen LogP contribution in [0.1, 0.15) is 18.0 Å².